The summed E-state index contributed by atoms with van der Waals surface area (Å²) in [6, 6.07) is 0.0301. The molecular weight excluding hydrogens is 118 g/mol. The molecule has 1 amide bonds. The number of terminal acetylenes is 1. The lowest BCUT2D eigenvalue weighted by molar-refractivity contribution is 0.177. The van der Waals surface area contributed by atoms with Gasteiger partial charge < -0.3 is 10.1 Å². The molecule has 0 aromatic carbocycles. The molecule has 48 valence electrons. The molecule has 3 heteroatoms. The summed E-state index contributed by atoms with van der Waals surface area (Å²) >= 11 is 0. The lowest BCUT2D eigenvalue weighted by Gasteiger charge is -1.97. The first-order chi connectivity index (χ1) is 4.33. The summed E-state index contributed by atoms with van der Waals surface area (Å²) in [5.41, 5.74) is 0. The normalized spacial score (nSPS) is 24.3. The number of carbonyl (C=O) groups is 1. The average molecular weight is 125 g/mol. The molecule has 0 bridgehead atoms. The van der Waals surface area contributed by atoms with Gasteiger partial charge in [-0.15, -0.1) is 12.3 Å². The van der Waals surface area contributed by atoms with Crippen LogP contribution >= 0.6 is 0 Å². The lowest BCUT2D eigenvalue weighted by Crippen LogP contribution is -2.25. The Morgan fingerprint density at radius 1 is 2.00 bits per heavy atom. The van der Waals surface area contributed by atoms with E-state index in [4.69, 9.17) is 6.42 Å². The molecule has 3 nitrogen and oxygen atoms in total. The number of nitrogens with one attached hydrogen (secondary N) is 1. The van der Waals surface area contributed by atoms with Gasteiger partial charge in [0.05, 0.1) is 6.04 Å². The summed E-state index contributed by atoms with van der Waals surface area (Å²) in [6.07, 6.45) is 5.18. The summed E-state index contributed by atoms with van der Waals surface area (Å²) in [5, 5.41) is 2.55. The number of ether oxygens (including phenoxy) is 1. The fourth-order valence-electron chi connectivity index (χ4n) is 0.678. The molecule has 9 heavy (non-hydrogen) atoms. The lowest BCUT2D eigenvalue weighted by atomic mass is 10.2. The van der Waals surface area contributed by atoms with Gasteiger partial charge in [-0.3, -0.25) is 0 Å². The van der Waals surface area contributed by atoms with Crippen LogP contribution in [0.5, 0.6) is 0 Å². The van der Waals surface area contributed by atoms with Crippen molar-refractivity contribution < 1.29 is 9.53 Å². The summed E-state index contributed by atoms with van der Waals surface area (Å²) in [4.78, 5) is 10.3. The zero-order valence-corrected chi connectivity index (χ0v) is 4.89. The summed E-state index contributed by atoms with van der Waals surface area (Å²) in [6.45, 7) is 0.406. The molecule has 0 saturated carbocycles. The van der Waals surface area contributed by atoms with Crippen LogP contribution in [-0.4, -0.2) is 18.7 Å². The molecule has 0 aromatic rings. The molecule has 0 aromatic heterocycles. The molecular formula is C6H7NO2. The Morgan fingerprint density at radius 2 is 2.78 bits per heavy atom. The summed E-state index contributed by atoms with van der Waals surface area (Å²) < 4.78 is 4.57. The third kappa shape index (κ3) is 1.36. The van der Waals surface area contributed by atoms with Crippen molar-refractivity contribution in [3.8, 4) is 12.3 Å². The van der Waals surface area contributed by atoms with Gasteiger partial charge in [0.1, 0.15) is 6.61 Å². The SMILES string of the molecule is C#CC[C@H]1COC(=O)N1. The Kier molecular flexibility index (Phi) is 1.59. The van der Waals surface area contributed by atoms with Crippen LogP contribution < -0.4 is 5.32 Å². The first kappa shape index (κ1) is 5.96. The minimum absolute atomic E-state index is 0.0301. The van der Waals surface area contributed by atoms with Crippen LogP contribution in [0, 0.1) is 12.3 Å². The zero-order chi connectivity index (χ0) is 6.69. The topological polar surface area (TPSA) is 38.3 Å². The van der Waals surface area contributed by atoms with E-state index >= 15 is 0 Å². The fourth-order valence-corrected chi connectivity index (χ4v) is 0.678. The minimum Gasteiger partial charge on any atom is -0.447 e. The number of carbonyl (C=O) groups excluding carboxylic acids is 1. The molecule has 1 aliphatic rings. The summed E-state index contributed by atoms with van der Waals surface area (Å²) in [5.74, 6) is 2.44. The van der Waals surface area contributed by atoms with Gasteiger partial charge in [-0.2, -0.15) is 0 Å². The van der Waals surface area contributed by atoms with E-state index in [1.54, 1.807) is 0 Å². The molecule has 0 aliphatic carbocycles. The van der Waals surface area contributed by atoms with E-state index in [-0.39, 0.29) is 12.1 Å². The van der Waals surface area contributed by atoms with Crippen LogP contribution in [0.2, 0.25) is 0 Å². The predicted octanol–water partition coefficient (Wildman–Crippen LogP) is 0.118. The van der Waals surface area contributed by atoms with Gasteiger partial charge >= 0.3 is 6.09 Å². The van der Waals surface area contributed by atoms with E-state index in [9.17, 15) is 4.79 Å². The molecule has 0 spiro atoms. The van der Waals surface area contributed by atoms with Crippen LogP contribution in [-0.2, 0) is 4.74 Å². The molecule has 1 fully saturated rings. The Morgan fingerprint density at radius 3 is 3.22 bits per heavy atom. The van der Waals surface area contributed by atoms with Gasteiger partial charge in [0.2, 0.25) is 0 Å². The average Bonchev–Trinajstić information content (AvgIpc) is 2.17. The second-order valence-electron chi connectivity index (χ2n) is 1.85. The molecule has 1 heterocycles. The number of hydrogen-bond donors (Lipinski definition) is 1. The van der Waals surface area contributed by atoms with Gasteiger partial charge in [-0.25, -0.2) is 4.79 Å². The monoisotopic (exact) mass is 125 g/mol. The molecule has 1 N–H and O–H groups in total. The Labute approximate surface area is 53.4 Å². The van der Waals surface area contributed by atoms with Crippen molar-refractivity contribution in [2.75, 3.05) is 6.61 Å². The van der Waals surface area contributed by atoms with Gasteiger partial charge in [0, 0.05) is 6.42 Å². The number of alkyl carbamates (subject to hydrolysis) is 1. The highest BCUT2D eigenvalue weighted by molar-refractivity contribution is 5.69. The van der Waals surface area contributed by atoms with Crippen LogP contribution in [0.3, 0.4) is 0 Å². The highest BCUT2D eigenvalue weighted by Gasteiger charge is 2.20. The van der Waals surface area contributed by atoms with E-state index in [1.807, 2.05) is 0 Å². The van der Waals surface area contributed by atoms with E-state index in [0.717, 1.165) is 0 Å². The molecule has 0 unspecified atom stereocenters. The molecule has 1 saturated heterocycles. The van der Waals surface area contributed by atoms with Crippen LogP contribution in [0.25, 0.3) is 0 Å². The number of cyclic esters (lactones) is 1. The van der Waals surface area contributed by atoms with Crippen LogP contribution in [0.1, 0.15) is 6.42 Å². The fraction of sp³-hybridized carbons (Fsp3) is 0.500. The van der Waals surface area contributed by atoms with Gasteiger partial charge in [-0.1, -0.05) is 0 Å². The van der Waals surface area contributed by atoms with Crippen molar-refractivity contribution in [1.29, 1.82) is 0 Å². The number of hydrogen-bond acceptors (Lipinski definition) is 2. The van der Waals surface area contributed by atoms with E-state index in [1.165, 1.54) is 0 Å². The largest absolute Gasteiger partial charge is 0.447 e. The maximum atomic E-state index is 10.3. The van der Waals surface area contributed by atoms with Gasteiger partial charge in [0.15, 0.2) is 0 Å². The van der Waals surface area contributed by atoms with E-state index in [0.29, 0.717) is 13.0 Å². The van der Waals surface area contributed by atoms with Crippen molar-refractivity contribution in [1.82, 2.24) is 5.32 Å². The zero-order valence-electron chi connectivity index (χ0n) is 4.89. The standard InChI is InChI=1S/C6H7NO2/c1-2-3-5-4-9-6(8)7-5/h1,5H,3-4H2,(H,7,8)/t5-/m0/s1. The van der Waals surface area contributed by atoms with E-state index < -0.39 is 0 Å². The highest BCUT2D eigenvalue weighted by Crippen LogP contribution is 1.99. The maximum Gasteiger partial charge on any atom is 0.407 e. The van der Waals surface area contributed by atoms with Crippen LogP contribution in [0.15, 0.2) is 0 Å². The first-order valence-corrected chi connectivity index (χ1v) is 2.69. The highest BCUT2D eigenvalue weighted by atomic mass is 16.6. The molecule has 0 radical (unpaired) electrons. The maximum absolute atomic E-state index is 10.3. The third-order valence-electron chi connectivity index (χ3n) is 1.10. The van der Waals surface area contributed by atoms with Crippen LogP contribution in [0.4, 0.5) is 4.79 Å². The number of amides is 1. The second kappa shape index (κ2) is 2.40. The first-order valence-electron chi connectivity index (χ1n) is 2.69. The van der Waals surface area contributed by atoms with Crippen molar-refractivity contribution in [2.45, 2.75) is 12.5 Å². The Hall–Kier alpha value is -1.17. The Bertz CT molecular complexity index is 159. The second-order valence-corrected chi connectivity index (χ2v) is 1.85. The predicted molar refractivity (Wildman–Crippen MR) is 31.7 cm³/mol. The van der Waals surface area contributed by atoms with Gasteiger partial charge in [0.25, 0.3) is 0 Å². The molecule has 1 rings (SSSR count). The molecule has 1 atom stereocenters. The van der Waals surface area contributed by atoms with E-state index in [2.05, 4.69) is 16.0 Å². The number of rotatable bonds is 1. The van der Waals surface area contributed by atoms with Crippen molar-refractivity contribution in [3.05, 3.63) is 0 Å². The van der Waals surface area contributed by atoms with Crippen molar-refractivity contribution in [3.63, 3.8) is 0 Å². The van der Waals surface area contributed by atoms with Gasteiger partial charge in [-0.05, 0) is 0 Å². The van der Waals surface area contributed by atoms with Crippen molar-refractivity contribution in [2.24, 2.45) is 0 Å². The minimum atomic E-state index is -0.366. The van der Waals surface area contributed by atoms with Crippen molar-refractivity contribution >= 4 is 6.09 Å². The molecule has 1 aliphatic heterocycles. The Balaban J connectivity index is 2.32. The quantitative estimate of drug-likeness (QED) is 0.505. The smallest absolute Gasteiger partial charge is 0.407 e. The summed E-state index contributed by atoms with van der Waals surface area (Å²) in [7, 11) is 0. The third-order valence-corrected chi connectivity index (χ3v) is 1.10.